The number of ether oxygens (including phenoxy) is 1. The van der Waals surface area contributed by atoms with Crippen molar-refractivity contribution in [2.24, 2.45) is 0 Å². The van der Waals surface area contributed by atoms with Crippen LogP contribution in [0.1, 0.15) is 36.8 Å². The van der Waals surface area contributed by atoms with Crippen LogP contribution >= 0.6 is 11.6 Å². The first-order valence-corrected chi connectivity index (χ1v) is 13.9. The highest BCUT2D eigenvalue weighted by Gasteiger charge is 2.44. The maximum Gasteiger partial charge on any atom is 0.490 e. The molecule has 4 aromatic rings. The van der Waals surface area contributed by atoms with Gasteiger partial charge in [0.1, 0.15) is 6.10 Å². The van der Waals surface area contributed by atoms with E-state index in [9.17, 15) is 22.8 Å². The van der Waals surface area contributed by atoms with Crippen LogP contribution in [0.5, 0.6) is 0 Å². The number of aromatic amines is 1. The summed E-state index contributed by atoms with van der Waals surface area (Å²) in [5.74, 6) is -1.89. The third-order valence-electron chi connectivity index (χ3n) is 7.15. The number of nitrogens with one attached hydrogen (secondary N) is 2. The van der Waals surface area contributed by atoms with Gasteiger partial charge >= 0.3 is 17.8 Å². The Bertz CT molecular complexity index is 1540. The Labute approximate surface area is 245 Å². The topological polar surface area (TPSA) is 92.2 Å². The molecule has 0 bridgehead atoms. The molecule has 12 heteroatoms. The van der Waals surface area contributed by atoms with Crippen LogP contribution in [0.2, 0.25) is 5.02 Å². The third-order valence-corrected chi connectivity index (χ3v) is 7.40. The van der Waals surface area contributed by atoms with E-state index in [1.165, 1.54) is 4.68 Å². The summed E-state index contributed by atoms with van der Waals surface area (Å²) in [6.07, 6.45) is -3.37. The number of esters is 1. The molecular formula is C30H29ClF3N5O3. The van der Waals surface area contributed by atoms with Crippen LogP contribution < -0.4 is 11.0 Å². The Morgan fingerprint density at radius 2 is 1.62 bits per heavy atom. The lowest BCUT2D eigenvalue weighted by molar-refractivity contribution is -0.209. The van der Waals surface area contributed by atoms with Gasteiger partial charge in [-0.2, -0.15) is 17.9 Å². The lowest BCUT2D eigenvalue weighted by Gasteiger charge is -2.39. The lowest BCUT2D eigenvalue weighted by Crippen LogP contribution is -2.48. The molecule has 42 heavy (non-hydrogen) atoms. The van der Waals surface area contributed by atoms with Crippen molar-refractivity contribution in [3.8, 4) is 5.69 Å². The smallest absolute Gasteiger partial charge is 0.454 e. The number of benzene rings is 3. The number of alkyl halides is 3. The first-order chi connectivity index (χ1) is 20.2. The fourth-order valence-electron chi connectivity index (χ4n) is 5.15. The summed E-state index contributed by atoms with van der Waals surface area (Å²) in [5, 5.41) is 7.93. The van der Waals surface area contributed by atoms with E-state index in [1.807, 2.05) is 54.6 Å². The number of nitrogens with zero attached hydrogens (tertiary/aromatic N) is 3. The van der Waals surface area contributed by atoms with Crippen molar-refractivity contribution in [3.63, 3.8) is 0 Å². The molecule has 2 N–H and O–H groups in total. The Morgan fingerprint density at radius 1 is 0.976 bits per heavy atom. The summed E-state index contributed by atoms with van der Waals surface area (Å²) in [6, 6.07) is 23.4. The van der Waals surface area contributed by atoms with Gasteiger partial charge in [-0.15, -0.1) is 5.10 Å². The van der Waals surface area contributed by atoms with Crippen LogP contribution in [0.25, 0.3) is 5.69 Å². The highest BCUT2D eigenvalue weighted by Crippen LogP contribution is 2.30. The second-order valence-electron chi connectivity index (χ2n) is 10.2. The Kier molecular flexibility index (Phi) is 8.98. The van der Waals surface area contributed by atoms with E-state index >= 15 is 0 Å². The quantitative estimate of drug-likeness (QED) is 0.217. The number of halogens is 4. The van der Waals surface area contributed by atoms with Crippen molar-refractivity contribution in [3.05, 3.63) is 105 Å². The maximum absolute atomic E-state index is 13.0. The van der Waals surface area contributed by atoms with Crippen LogP contribution in [-0.4, -0.2) is 44.0 Å². The number of anilines is 2. The minimum atomic E-state index is -5.04. The van der Waals surface area contributed by atoms with E-state index in [1.54, 1.807) is 24.3 Å². The molecule has 0 radical (unpaired) electrons. The molecule has 0 unspecified atom stereocenters. The van der Waals surface area contributed by atoms with Gasteiger partial charge in [0.15, 0.2) is 0 Å². The second kappa shape index (κ2) is 12.8. The number of rotatable bonds is 9. The van der Waals surface area contributed by atoms with Gasteiger partial charge in [0.05, 0.1) is 5.69 Å². The first-order valence-electron chi connectivity index (χ1n) is 13.5. The van der Waals surface area contributed by atoms with Crippen LogP contribution in [0, 0.1) is 0 Å². The molecule has 3 aromatic carbocycles. The largest absolute Gasteiger partial charge is 0.490 e. The predicted octanol–water partition coefficient (Wildman–Crippen LogP) is 6.38. The van der Waals surface area contributed by atoms with Gasteiger partial charge in [0, 0.05) is 29.8 Å². The second-order valence-corrected chi connectivity index (χ2v) is 10.6. The van der Waals surface area contributed by atoms with Crippen molar-refractivity contribution in [1.29, 1.82) is 0 Å². The number of carbonyl (C=O) groups excluding carboxylic acids is 1. The third kappa shape index (κ3) is 7.40. The first kappa shape index (κ1) is 29.4. The van der Waals surface area contributed by atoms with E-state index in [4.69, 9.17) is 16.3 Å². The van der Waals surface area contributed by atoms with E-state index in [-0.39, 0.29) is 12.0 Å². The lowest BCUT2D eigenvalue weighted by atomic mass is 9.90. The van der Waals surface area contributed by atoms with Gasteiger partial charge in [-0.05, 0) is 66.8 Å². The summed E-state index contributed by atoms with van der Waals surface area (Å²) in [6.45, 7) is 0.914. The van der Waals surface area contributed by atoms with Gasteiger partial charge in [-0.1, -0.05) is 60.5 Å². The molecule has 1 aromatic heterocycles. The Hall–Kier alpha value is -4.09. The molecule has 0 saturated heterocycles. The monoisotopic (exact) mass is 599 g/mol. The number of aromatic nitrogens is 3. The fraction of sp³-hybridized carbons (Fsp3) is 0.300. The van der Waals surface area contributed by atoms with Crippen molar-refractivity contribution < 1.29 is 22.7 Å². The van der Waals surface area contributed by atoms with Crippen molar-refractivity contribution >= 4 is 29.2 Å². The highest BCUT2D eigenvalue weighted by molar-refractivity contribution is 6.30. The highest BCUT2D eigenvalue weighted by atomic mass is 35.5. The predicted molar refractivity (Wildman–Crippen MR) is 153 cm³/mol. The number of carbonyl (C=O) groups is 1. The Morgan fingerprint density at radius 3 is 2.29 bits per heavy atom. The Balaban J connectivity index is 1.32. The summed E-state index contributed by atoms with van der Waals surface area (Å²) in [5.41, 5.74) is 2.75. The van der Waals surface area contributed by atoms with E-state index in [0.29, 0.717) is 48.7 Å². The molecule has 1 aliphatic rings. The molecular weight excluding hydrogens is 571 g/mol. The van der Waals surface area contributed by atoms with Crippen LogP contribution in [0.4, 0.5) is 24.8 Å². The molecule has 1 heterocycles. The molecule has 5 rings (SSSR count). The van der Waals surface area contributed by atoms with Gasteiger partial charge in [0.2, 0.25) is 5.95 Å². The molecule has 1 saturated carbocycles. The summed E-state index contributed by atoms with van der Waals surface area (Å²) < 4.78 is 45.3. The SMILES string of the molecule is O=C(O[C@H]1CCCC[C@@H]1N(Cc1ccccc1)Cc1ccc(Nc2nn(-c3ccc(Cl)cc3)c(=O)[nH]2)cc1)C(F)(F)F. The normalized spacial score (nSPS) is 17.3. The standard InChI is InChI=1S/C30H29ClF3N5O3/c31-22-12-16-24(17-13-22)39-29(41)36-28(37-39)35-23-14-10-21(11-15-23)19-38(18-20-6-2-1-3-7-20)25-8-4-5-9-26(25)42-27(40)30(32,33)34/h1-3,6-7,10-17,25-26H,4-5,8-9,18-19H2,(H2,35,36,37,41)/t25-,26-/m0/s1. The molecule has 0 spiro atoms. The minimum Gasteiger partial charge on any atom is -0.454 e. The van der Waals surface area contributed by atoms with Gasteiger partial charge in [-0.3, -0.25) is 9.88 Å². The zero-order valence-corrected chi connectivity index (χ0v) is 23.2. The molecule has 1 fully saturated rings. The summed E-state index contributed by atoms with van der Waals surface area (Å²) in [4.78, 5) is 28.9. The van der Waals surface area contributed by atoms with Crippen LogP contribution in [0.15, 0.2) is 83.7 Å². The number of hydrogen-bond acceptors (Lipinski definition) is 6. The zero-order chi connectivity index (χ0) is 29.7. The molecule has 0 aliphatic heterocycles. The van der Waals surface area contributed by atoms with E-state index in [0.717, 1.165) is 17.5 Å². The number of hydrogen-bond donors (Lipinski definition) is 2. The average molecular weight is 600 g/mol. The average Bonchev–Trinajstić information content (AvgIpc) is 3.34. The van der Waals surface area contributed by atoms with E-state index in [2.05, 4.69) is 20.3 Å². The van der Waals surface area contributed by atoms with E-state index < -0.39 is 23.9 Å². The summed E-state index contributed by atoms with van der Waals surface area (Å²) >= 11 is 5.93. The molecule has 220 valence electrons. The van der Waals surface area contributed by atoms with Crippen LogP contribution in [-0.2, 0) is 22.6 Å². The van der Waals surface area contributed by atoms with Gasteiger partial charge in [0.25, 0.3) is 0 Å². The maximum atomic E-state index is 13.0. The van der Waals surface area contributed by atoms with Crippen molar-refractivity contribution in [2.45, 2.75) is 57.1 Å². The molecule has 0 amide bonds. The zero-order valence-electron chi connectivity index (χ0n) is 22.5. The number of H-pyrrole nitrogens is 1. The minimum absolute atomic E-state index is 0.255. The summed E-state index contributed by atoms with van der Waals surface area (Å²) in [7, 11) is 0. The van der Waals surface area contributed by atoms with Gasteiger partial charge in [-0.25, -0.2) is 9.59 Å². The van der Waals surface area contributed by atoms with Gasteiger partial charge < -0.3 is 10.1 Å². The van der Waals surface area contributed by atoms with Crippen molar-refractivity contribution in [1.82, 2.24) is 19.7 Å². The molecule has 2 atom stereocenters. The fourth-order valence-corrected chi connectivity index (χ4v) is 5.27. The van der Waals surface area contributed by atoms with Crippen molar-refractivity contribution in [2.75, 3.05) is 5.32 Å². The molecule has 1 aliphatic carbocycles. The molecule has 8 nitrogen and oxygen atoms in total. The van der Waals surface area contributed by atoms with Crippen LogP contribution in [0.3, 0.4) is 0 Å².